The topological polar surface area (TPSA) is 47.6 Å². The Balaban J connectivity index is 2.97. The van der Waals surface area contributed by atoms with E-state index in [1.165, 1.54) is 11.3 Å². The van der Waals surface area contributed by atoms with Crippen LogP contribution in [-0.2, 0) is 0 Å². The van der Waals surface area contributed by atoms with Crippen molar-refractivity contribution in [3.8, 4) is 12.1 Å². The van der Waals surface area contributed by atoms with Crippen LogP contribution in [0, 0.1) is 22.7 Å². The molecule has 1 aromatic carbocycles. The van der Waals surface area contributed by atoms with Gasteiger partial charge in [0.1, 0.15) is 17.0 Å². The molecule has 0 saturated carbocycles. The number of hydrogen-bond acceptors (Lipinski definition) is 3. The Bertz CT molecular complexity index is 586. The maximum absolute atomic E-state index is 8.89. The molecule has 0 aliphatic heterocycles. The third kappa shape index (κ3) is 1.15. The number of rotatable bonds is 0. The lowest BCUT2D eigenvalue weighted by molar-refractivity contribution is 1.49. The first-order valence-corrected chi connectivity index (χ1v) is 4.98. The highest BCUT2D eigenvalue weighted by Crippen LogP contribution is 2.34. The molecule has 1 aromatic heterocycles. The molecule has 0 unspecified atom stereocenters. The summed E-state index contributed by atoms with van der Waals surface area (Å²) in [6.45, 7) is 0. The zero-order valence-electron chi connectivity index (χ0n) is 6.91. The van der Waals surface area contributed by atoms with Crippen molar-refractivity contribution in [1.82, 2.24) is 0 Å². The van der Waals surface area contributed by atoms with Gasteiger partial charge in [-0.2, -0.15) is 10.5 Å². The van der Waals surface area contributed by atoms with E-state index in [1.54, 1.807) is 18.2 Å². The Morgan fingerprint density at radius 2 is 2.00 bits per heavy atom. The van der Waals surface area contributed by atoms with Crippen LogP contribution < -0.4 is 0 Å². The van der Waals surface area contributed by atoms with Crippen LogP contribution in [-0.4, -0.2) is 0 Å². The van der Waals surface area contributed by atoms with Gasteiger partial charge >= 0.3 is 0 Å². The Hall–Kier alpha value is -1.55. The monoisotopic (exact) mass is 218 g/mol. The minimum Gasteiger partial charge on any atom is -0.192 e. The van der Waals surface area contributed by atoms with E-state index in [0.29, 0.717) is 15.5 Å². The van der Waals surface area contributed by atoms with Crippen LogP contribution in [0.5, 0.6) is 0 Å². The molecule has 2 rings (SSSR count). The van der Waals surface area contributed by atoms with E-state index < -0.39 is 0 Å². The minimum absolute atomic E-state index is 0.426. The third-order valence-corrected chi connectivity index (χ3v) is 3.45. The van der Waals surface area contributed by atoms with Gasteiger partial charge in [-0.3, -0.25) is 0 Å². The summed E-state index contributed by atoms with van der Waals surface area (Å²) in [5, 5.41) is 19.1. The quantitative estimate of drug-likeness (QED) is 0.681. The van der Waals surface area contributed by atoms with Gasteiger partial charge in [0.25, 0.3) is 0 Å². The predicted octanol–water partition coefficient (Wildman–Crippen LogP) is 3.30. The second kappa shape index (κ2) is 3.31. The molecule has 0 bridgehead atoms. The lowest BCUT2D eigenvalue weighted by Gasteiger charge is -1.90. The smallest absolute Gasteiger partial charge is 0.123 e. The van der Waals surface area contributed by atoms with Crippen molar-refractivity contribution in [2.75, 3.05) is 0 Å². The van der Waals surface area contributed by atoms with Gasteiger partial charge in [-0.05, 0) is 6.07 Å². The van der Waals surface area contributed by atoms with E-state index in [0.717, 1.165) is 10.1 Å². The van der Waals surface area contributed by atoms with E-state index in [1.807, 2.05) is 12.1 Å². The number of hydrogen-bond donors (Lipinski definition) is 0. The summed E-state index contributed by atoms with van der Waals surface area (Å²) in [5.41, 5.74) is 0.426. The summed E-state index contributed by atoms with van der Waals surface area (Å²) in [5.74, 6) is 0. The number of thiophene rings is 1. The van der Waals surface area contributed by atoms with Crippen molar-refractivity contribution in [3.05, 3.63) is 33.7 Å². The summed E-state index contributed by atoms with van der Waals surface area (Å²) in [4.78, 5) is 0.426. The van der Waals surface area contributed by atoms with Gasteiger partial charge in [0.05, 0.1) is 15.3 Å². The van der Waals surface area contributed by atoms with Crippen molar-refractivity contribution >= 4 is 33.0 Å². The molecule has 0 radical (unpaired) electrons. The van der Waals surface area contributed by atoms with Crippen LogP contribution in [0.4, 0.5) is 0 Å². The first-order chi connectivity index (χ1) is 6.77. The fourth-order valence-electron chi connectivity index (χ4n) is 1.27. The summed E-state index contributed by atoms with van der Waals surface area (Å²) in [6.07, 6.45) is 0. The molecule has 4 heteroatoms. The van der Waals surface area contributed by atoms with Crippen molar-refractivity contribution in [1.29, 1.82) is 10.5 Å². The van der Waals surface area contributed by atoms with E-state index in [-0.39, 0.29) is 0 Å². The zero-order chi connectivity index (χ0) is 10.1. The minimum atomic E-state index is 0.426. The highest BCUT2D eigenvalue weighted by molar-refractivity contribution is 7.20. The van der Waals surface area contributed by atoms with Gasteiger partial charge < -0.3 is 0 Å². The Morgan fingerprint density at radius 1 is 1.21 bits per heavy atom. The van der Waals surface area contributed by atoms with Gasteiger partial charge in [-0.25, -0.2) is 0 Å². The highest BCUT2D eigenvalue weighted by atomic mass is 35.5. The summed E-state index contributed by atoms with van der Waals surface area (Å²) in [6, 6.07) is 9.36. The van der Waals surface area contributed by atoms with Gasteiger partial charge in [0, 0.05) is 5.39 Å². The highest BCUT2D eigenvalue weighted by Gasteiger charge is 2.12. The van der Waals surface area contributed by atoms with Crippen LogP contribution in [0.15, 0.2) is 18.2 Å². The Labute approximate surface area is 89.6 Å². The van der Waals surface area contributed by atoms with E-state index >= 15 is 0 Å². The van der Waals surface area contributed by atoms with Crippen molar-refractivity contribution in [2.24, 2.45) is 0 Å². The molecular weight excluding hydrogens is 216 g/mol. The third-order valence-electron chi connectivity index (χ3n) is 1.88. The standard InChI is InChI=1S/C10H3ClN2S/c11-8-3-1-2-6-7(4-12)9(5-13)14-10(6)8/h1-3H. The number of nitriles is 2. The molecule has 0 spiro atoms. The second-order valence-corrected chi connectivity index (χ2v) is 4.07. The van der Waals surface area contributed by atoms with Gasteiger partial charge in [0.15, 0.2) is 0 Å². The molecule has 14 heavy (non-hydrogen) atoms. The molecule has 0 fully saturated rings. The maximum Gasteiger partial charge on any atom is 0.123 e. The SMILES string of the molecule is N#Cc1sc2c(Cl)cccc2c1C#N. The average molecular weight is 219 g/mol. The van der Waals surface area contributed by atoms with Crippen molar-refractivity contribution < 1.29 is 0 Å². The predicted molar refractivity (Wildman–Crippen MR) is 56.3 cm³/mol. The molecule has 0 aliphatic carbocycles. The Kier molecular flexibility index (Phi) is 2.13. The molecule has 2 nitrogen and oxygen atoms in total. The van der Waals surface area contributed by atoms with Crippen molar-refractivity contribution in [3.63, 3.8) is 0 Å². The first-order valence-electron chi connectivity index (χ1n) is 3.79. The number of fused-ring (bicyclic) bond motifs is 1. The second-order valence-electron chi connectivity index (χ2n) is 2.65. The van der Waals surface area contributed by atoms with Gasteiger partial charge in [-0.1, -0.05) is 23.7 Å². The van der Waals surface area contributed by atoms with E-state index in [2.05, 4.69) is 0 Å². The van der Waals surface area contributed by atoms with E-state index in [4.69, 9.17) is 22.1 Å². The lowest BCUT2D eigenvalue weighted by atomic mass is 10.1. The summed E-state index contributed by atoms with van der Waals surface area (Å²) in [7, 11) is 0. The first kappa shape index (κ1) is 9.02. The molecule has 1 heterocycles. The Morgan fingerprint density at radius 3 is 2.64 bits per heavy atom. The molecule has 66 valence electrons. The maximum atomic E-state index is 8.89. The van der Waals surface area contributed by atoms with E-state index in [9.17, 15) is 0 Å². The molecule has 0 aliphatic rings. The molecule has 0 saturated heterocycles. The fraction of sp³-hybridized carbons (Fsp3) is 0. The molecule has 0 amide bonds. The zero-order valence-corrected chi connectivity index (χ0v) is 8.49. The molecule has 0 N–H and O–H groups in total. The number of nitrogens with zero attached hydrogens (tertiary/aromatic N) is 2. The lowest BCUT2D eigenvalue weighted by Crippen LogP contribution is -1.73. The number of halogens is 1. The largest absolute Gasteiger partial charge is 0.192 e. The number of benzene rings is 1. The van der Waals surface area contributed by atoms with Gasteiger partial charge in [0.2, 0.25) is 0 Å². The summed E-state index contributed by atoms with van der Waals surface area (Å²) < 4.78 is 0.808. The van der Waals surface area contributed by atoms with Crippen LogP contribution >= 0.6 is 22.9 Å². The average Bonchev–Trinajstić information content (AvgIpc) is 2.57. The van der Waals surface area contributed by atoms with Gasteiger partial charge in [-0.15, -0.1) is 11.3 Å². The molecule has 0 atom stereocenters. The van der Waals surface area contributed by atoms with Crippen LogP contribution in [0.2, 0.25) is 5.02 Å². The van der Waals surface area contributed by atoms with Crippen LogP contribution in [0.3, 0.4) is 0 Å². The molecular formula is C10H3ClN2S. The fourth-order valence-corrected chi connectivity index (χ4v) is 2.52. The van der Waals surface area contributed by atoms with Crippen LogP contribution in [0.25, 0.3) is 10.1 Å². The van der Waals surface area contributed by atoms with Crippen LogP contribution in [0.1, 0.15) is 10.4 Å². The normalized spacial score (nSPS) is 9.64. The van der Waals surface area contributed by atoms with Crippen molar-refractivity contribution in [2.45, 2.75) is 0 Å². The molecule has 2 aromatic rings. The summed E-state index contributed by atoms with van der Waals surface area (Å²) >= 11 is 7.21.